The molecular formula is C18H24ClFN4O2. The molecule has 1 saturated heterocycles. The summed E-state index contributed by atoms with van der Waals surface area (Å²) in [4.78, 5) is 18.5. The molecule has 1 aromatic heterocycles. The number of hydrogen-bond acceptors (Lipinski definition) is 5. The van der Waals surface area contributed by atoms with Crippen LogP contribution in [0.3, 0.4) is 0 Å². The number of amides is 1. The first-order valence-electron chi connectivity index (χ1n) is 8.56. The van der Waals surface area contributed by atoms with E-state index in [1.54, 1.807) is 19.1 Å². The van der Waals surface area contributed by atoms with Crippen molar-refractivity contribution in [2.45, 2.75) is 39.2 Å². The summed E-state index contributed by atoms with van der Waals surface area (Å²) in [6.45, 7) is 5.06. The molecule has 0 bridgehead atoms. The highest BCUT2D eigenvalue weighted by atomic mass is 35.5. The fraction of sp³-hybridized carbons (Fsp3) is 0.500. The molecule has 2 unspecified atom stereocenters. The molecule has 1 aliphatic heterocycles. The number of aromatic nitrogens is 2. The van der Waals surface area contributed by atoms with Gasteiger partial charge in [0.2, 0.25) is 17.6 Å². The minimum absolute atomic E-state index is 0. The zero-order chi connectivity index (χ0) is 18.0. The van der Waals surface area contributed by atoms with Crippen LogP contribution < -0.4 is 5.73 Å². The lowest BCUT2D eigenvalue weighted by molar-refractivity contribution is -0.131. The monoisotopic (exact) mass is 382 g/mol. The quantitative estimate of drug-likeness (QED) is 0.859. The fourth-order valence-corrected chi connectivity index (χ4v) is 3.22. The van der Waals surface area contributed by atoms with Crippen molar-refractivity contribution in [2.75, 3.05) is 13.1 Å². The third-order valence-corrected chi connectivity index (χ3v) is 4.77. The first-order valence-corrected chi connectivity index (χ1v) is 8.56. The summed E-state index contributed by atoms with van der Waals surface area (Å²) in [5.74, 6) is 0.858. The molecule has 0 aliphatic carbocycles. The van der Waals surface area contributed by atoms with Gasteiger partial charge in [-0.15, -0.1) is 12.4 Å². The Morgan fingerprint density at radius 2 is 2.23 bits per heavy atom. The molecule has 1 aromatic carbocycles. The highest BCUT2D eigenvalue weighted by Crippen LogP contribution is 2.23. The van der Waals surface area contributed by atoms with Gasteiger partial charge >= 0.3 is 0 Å². The molecule has 8 heteroatoms. The van der Waals surface area contributed by atoms with Crippen molar-refractivity contribution in [1.29, 1.82) is 0 Å². The van der Waals surface area contributed by atoms with Crippen molar-refractivity contribution in [2.24, 2.45) is 11.7 Å². The van der Waals surface area contributed by atoms with Gasteiger partial charge in [0.1, 0.15) is 5.82 Å². The molecule has 2 heterocycles. The average molecular weight is 383 g/mol. The Bertz CT molecular complexity index is 767. The highest BCUT2D eigenvalue weighted by molar-refractivity contribution is 5.85. The number of carbonyl (C=O) groups excluding carboxylic acids is 1. The van der Waals surface area contributed by atoms with Crippen LogP contribution in [0, 0.1) is 18.7 Å². The van der Waals surface area contributed by atoms with Crippen molar-refractivity contribution < 1.29 is 13.7 Å². The van der Waals surface area contributed by atoms with E-state index in [1.807, 2.05) is 11.8 Å². The molecule has 26 heavy (non-hydrogen) atoms. The smallest absolute Gasteiger partial charge is 0.227 e. The van der Waals surface area contributed by atoms with E-state index in [2.05, 4.69) is 10.1 Å². The van der Waals surface area contributed by atoms with E-state index in [-0.39, 0.29) is 30.2 Å². The van der Waals surface area contributed by atoms with Crippen LogP contribution in [-0.4, -0.2) is 40.1 Å². The average Bonchev–Trinajstić information content (AvgIpc) is 3.21. The van der Waals surface area contributed by atoms with E-state index >= 15 is 0 Å². The summed E-state index contributed by atoms with van der Waals surface area (Å²) in [7, 11) is 0. The van der Waals surface area contributed by atoms with Gasteiger partial charge in [-0.05, 0) is 44.4 Å². The van der Waals surface area contributed by atoms with Crippen LogP contribution in [0.15, 0.2) is 22.7 Å². The van der Waals surface area contributed by atoms with Crippen LogP contribution in [-0.2, 0) is 11.2 Å². The molecule has 0 radical (unpaired) electrons. The van der Waals surface area contributed by atoms with Gasteiger partial charge in [-0.3, -0.25) is 4.79 Å². The van der Waals surface area contributed by atoms with Crippen molar-refractivity contribution in [3.63, 3.8) is 0 Å². The Morgan fingerprint density at radius 1 is 1.46 bits per heavy atom. The third kappa shape index (κ3) is 4.40. The lowest BCUT2D eigenvalue weighted by Gasteiger charge is -2.21. The second kappa shape index (κ2) is 8.60. The molecular weight excluding hydrogens is 359 g/mol. The summed E-state index contributed by atoms with van der Waals surface area (Å²) in [5, 5.41) is 3.88. The second-order valence-electron chi connectivity index (χ2n) is 6.71. The Balaban J connectivity index is 0.00000243. The molecule has 1 amide bonds. The molecule has 0 saturated carbocycles. The number of halogens is 2. The minimum atomic E-state index is -0.309. The number of carbonyl (C=O) groups is 1. The normalized spacial score (nSPS) is 19.5. The Morgan fingerprint density at radius 3 is 2.88 bits per heavy atom. The zero-order valence-electron chi connectivity index (χ0n) is 14.9. The highest BCUT2D eigenvalue weighted by Gasteiger charge is 2.31. The number of hydrogen-bond donors (Lipinski definition) is 1. The third-order valence-electron chi connectivity index (χ3n) is 4.77. The number of likely N-dealkylation sites (tertiary alicyclic amines) is 1. The summed E-state index contributed by atoms with van der Waals surface area (Å²) < 4.78 is 18.8. The molecule has 6 nitrogen and oxygen atoms in total. The first kappa shape index (κ1) is 20.3. The van der Waals surface area contributed by atoms with Gasteiger partial charge in [-0.1, -0.05) is 17.3 Å². The Hall–Kier alpha value is -1.99. The summed E-state index contributed by atoms with van der Waals surface area (Å²) in [6, 6.07) is 5.02. The van der Waals surface area contributed by atoms with Crippen LogP contribution in [0.5, 0.6) is 0 Å². The molecule has 0 spiro atoms. The van der Waals surface area contributed by atoms with Gasteiger partial charge in [-0.25, -0.2) is 4.39 Å². The standard InChI is InChI=1S/C18H23FN4O2.ClH/c1-11-3-4-14(8-15(11)19)18-21-16(25-22-18)5-6-17(24)23-10-13(9-20)7-12(23)2;/h3-4,8,12-13H,5-7,9-10,20H2,1-2H3;1H. The number of nitrogens with zero attached hydrogens (tertiary/aromatic N) is 3. The predicted molar refractivity (Wildman–Crippen MR) is 98.3 cm³/mol. The first-order chi connectivity index (χ1) is 12.0. The van der Waals surface area contributed by atoms with Crippen LogP contribution in [0.1, 0.15) is 31.2 Å². The molecule has 142 valence electrons. The van der Waals surface area contributed by atoms with Crippen molar-refractivity contribution in [1.82, 2.24) is 15.0 Å². The van der Waals surface area contributed by atoms with Gasteiger partial charge < -0.3 is 15.2 Å². The number of rotatable bonds is 5. The van der Waals surface area contributed by atoms with Crippen LogP contribution in [0.4, 0.5) is 4.39 Å². The predicted octanol–water partition coefficient (Wildman–Crippen LogP) is 2.73. The van der Waals surface area contributed by atoms with E-state index in [0.29, 0.717) is 54.7 Å². The second-order valence-corrected chi connectivity index (χ2v) is 6.71. The molecule has 1 fully saturated rings. The molecule has 2 atom stereocenters. The maximum absolute atomic E-state index is 13.7. The molecule has 2 aromatic rings. The van der Waals surface area contributed by atoms with E-state index in [9.17, 15) is 9.18 Å². The maximum Gasteiger partial charge on any atom is 0.227 e. The maximum atomic E-state index is 13.7. The van der Waals surface area contributed by atoms with E-state index in [1.165, 1.54) is 6.07 Å². The van der Waals surface area contributed by atoms with E-state index in [0.717, 1.165) is 6.42 Å². The zero-order valence-corrected chi connectivity index (χ0v) is 15.8. The van der Waals surface area contributed by atoms with E-state index < -0.39 is 0 Å². The summed E-state index contributed by atoms with van der Waals surface area (Å²) in [5.41, 5.74) is 6.83. The van der Waals surface area contributed by atoms with Gasteiger partial charge in [0.25, 0.3) is 0 Å². The summed E-state index contributed by atoms with van der Waals surface area (Å²) >= 11 is 0. The van der Waals surface area contributed by atoms with E-state index in [4.69, 9.17) is 10.3 Å². The minimum Gasteiger partial charge on any atom is -0.340 e. The number of nitrogens with two attached hydrogens (primary N) is 1. The SMILES string of the molecule is Cc1ccc(-c2noc(CCC(=O)N3CC(CN)CC3C)n2)cc1F.Cl. The van der Waals surface area contributed by atoms with Gasteiger partial charge in [-0.2, -0.15) is 4.98 Å². The Labute approximate surface area is 158 Å². The Kier molecular flexibility index (Phi) is 6.72. The topological polar surface area (TPSA) is 85.2 Å². The lowest BCUT2D eigenvalue weighted by atomic mass is 10.1. The van der Waals surface area contributed by atoms with Crippen LogP contribution in [0.2, 0.25) is 0 Å². The number of aryl methyl sites for hydroxylation is 2. The van der Waals surface area contributed by atoms with Crippen LogP contribution >= 0.6 is 12.4 Å². The van der Waals surface area contributed by atoms with Crippen molar-refractivity contribution in [3.05, 3.63) is 35.5 Å². The lowest BCUT2D eigenvalue weighted by Crippen LogP contribution is -2.34. The van der Waals surface area contributed by atoms with Gasteiger partial charge in [0.15, 0.2) is 0 Å². The molecule has 2 N–H and O–H groups in total. The summed E-state index contributed by atoms with van der Waals surface area (Å²) in [6.07, 6.45) is 1.63. The van der Waals surface area contributed by atoms with Crippen LogP contribution in [0.25, 0.3) is 11.4 Å². The van der Waals surface area contributed by atoms with Crippen molar-refractivity contribution >= 4 is 18.3 Å². The van der Waals surface area contributed by atoms with Crippen molar-refractivity contribution in [3.8, 4) is 11.4 Å². The fourth-order valence-electron chi connectivity index (χ4n) is 3.22. The molecule has 1 aliphatic rings. The van der Waals surface area contributed by atoms with Gasteiger partial charge in [0, 0.05) is 31.0 Å². The van der Waals surface area contributed by atoms with Gasteiger partial charge in [0.05, 0.1) is 0 Å². The molecule has 3 rings (SSSR count). The largest absolute Gasteiger partial charge is 0.340 e. The number of benzene rings is 1.